The van der Waals surface area contributed by atoms with Crippen molar-refractivity contribution in [2.24, 2.45) is 11.3 Å². The highest BCUT2D eigenvalue weighted by Gasteiger charge is 2.54. The van der Waals surface area contributed by atoms with Gasteiger partial charge in [-0.2, -0.15) is 0 Å². The van der Waals surface area contributed by atoms with Crippen LogP contribution in [0.1, 0.15) is 110 Å². The summed E-state index contributed by atoms with van der Waals surface area (Å²) >= 11 is 6.28. The van der Waals surface area contributed by atoms with Gasteiger partial charge in [-0.05, 0) is 73.4 Å². The molecule has 4 N–H and O–H groups in total. The van der Waals surface area contributed by atoms with Gasteiger partial charge >= 0.3 is 0 Å². The lowest BCUT2D eigenvalue weighted by atomic mass is 9.84. The van der Waals surface area contributed by atoms with Crippen molar-refractivity contribution in [1.82, 2.24) is 26.3 Å². The summed E-state index contributed by atoms with van der Waals surface area (Å²) in [5.74, 6) is -1.97. The number of Topliss-reactive ketones (excluding diaryl/α,β-unsaturated/α-hetero) is 1. The number of amides is 4. The Balaban J connectivity index is 1.39. The lowest BCUT2D eigenvalue weighted by Gasteiger charge is -2.36. The number of hydroxylamine groups is 1. The van der Waals surface area contributed by atoms with Gasteiger partial charge < -0.3 is 25.6 Å². The number of halogens is 1. The third kappa shape index (κ3) is 10.5. The molecular weight excluding hydrogens is 722 g/mol. The highest BCUT2D eigenvalue weighted by molar-refractivity contribution is 6.38. The first-order valence-electron chi connectivity index (χ1n) is 19.4. The summed E-state index contributed by atoms with van der Waals surface area (Å²) in [5, 5.41) is 9.14. The minimum absolute atomic E-state index is 0.00299. The van der Waals surface area contributed by atoms with Gasteiger partial charge in [0.25, 0.3) is 5.91 Å². The number of methoxy groups -OCH3 is 1. The van der Waals surface area contributed by atoms with Gasteiger partial charge in [0.05, 0.1) is 31.4 Å². The zero-order valence-electron chi connectivity index (χ0n) is 32.8. The Hall–Kier alpha value is -4.42. The van der Waals surface area contributed by atoms with E-state index in [2.05, 4.69) is 21.4 Å². The number of rotatable bonds is 14. The number of hydrogen-bond acceptors (Lipinski definition) is 8. The molecule has 5 atom stereocenters. The van der Waals surface area contributed by atoms with Crippen LogP contribution in [0, 0.1) is 11.3 Å². The van der Waals surface area contributed by atoms with Crippen LogP contribution < -0.4 is 26.2 Å². The molecular formula is C42H56ClN5O7. The minimum atomic E-state index is -1.14. The molecule has 3 aliphatic rings. The second-order valence-corrected chi connectivity index (χ2v) is 16.7. The molecule has 13 heteroatoms. The molecule has 2 aromatic rings. The van der Waals surface area contributed by atoms with Crippen LogP contribution >= 0.6 is 11.6 Å². The quantitative estimate of drug-likeness (QED) is 0.176. The standard InChI is InChI=1S/C42H56ClN5O7/c1-7-13-32(36(50)39(52)44-26(2)28-16-12-19-31(22-28)54-6)45-38(51)34-24-42(23-33(47-55-42)29-17-11-18-30(43)21-29)25-48(34)40(53)37(41(3,4)5)46-35(49)20-27-14-9-8-10-15-27/h11-12,16-19,21-23,26-27,32,34,37,47H,7-10,13-15,20,24-25H2,1-6H3,(H,44,52)(H,45,51)(H,46,49)/t26-,32+,34+,37-,42-/m1/s1. The van der Waals surface area contributed by atoms with Crippen LogP contribution in [0.4, 0.5) is 0 Å². The molecule has 12 nitrogen and oxygen atoms in total. The Morgan fingerprint density at radius 3 is 2.42 bits per heavy atom. The van der Waals surface area contributed by atoms with Crippen molar-refractivity contribution in [1.29, 1.82) is 0 Å². The monoisotopic (exact) mass is 777 g/mol. The average molecular weight is 778 g/mol. The van der Waals surface area contributed by atoms with Crippen molar-refractivity contribution in [3.05, 3.63) is 70.8 Å². The van der Waals surface area contributed by atoms with E-state index >= 15 is 0 Å². The van der Waals surface area contributed by atoms with E-state index in [1.165, 1.54) is 11.3 Å². The van der Waals surface area contributed by atoms with E-state index in [0.717, 1.165) is 36.8 Å². The van der Waals surface area contributed by atoms with Gasteiger partial charge in [-0.25, -0.2) is 0 Å². The van der Waals surface area contributed by atoms with Crippen molar-refractivity contribution in [2.75, 3.05) is 13.7 Å². The van der Waals surface area contributed by atoms with Crippen LogP contribution in [0.5, 0.6) is 5.75 Å². The molecule has 1 saturated carbocycles. The zero-order chi connectivity index (χ0) is 39.9. The number of nitrogens with zero attached hydrogens (tertiary/aromatic N) is 1. The van der Waals surface area contributed by atoms with E-state index in [1.807, 2.05) is 52.0 Å². The molecule has 298 valence electrons. The third-order valence-corrected chi connectivity index (χ3v) is 11.1. The maximum absolute atomic E-state index is 14.7. The lowest BCUT2D eigenvalue weighted by Crippen LogP contribution is -2.59. The molecule has 4 amide bonds. The number of ether oxygens (including phenoxy) is 1. The van der Waals surface area contributed by atoms with Gasteiger partial charge in [0.2, 0.25) is 23.5 Å². The largest absolute Gasteiger partial charge is 0.497 e. The molecule has 55 heavy (non-hydrogen) atoms. The summed E-state index contributed by atoms with van der Waals surface area (Å²) < 4.78 is 5.30. The van der Waals surface area contributed by atoms with Crippen molar-refractivity contribution in [3.63, 3.8) is 0 Å². The second kappa shape index (κ2) is 18.0. The smallest absolute Gasteiger partial charge is 0.290 e. The predicted molar refractivity (Wildman–Crippen MR) is 210 cm³/mol. The summed E-state index contributed by atoms with van der Waals surface area (Å²) in [6.45, 7) is 9.25. The summed E-state index contributed by atoms with van der Waals surface area (Å²) in [5.41, 5.74) is 3.29. The van der Waals surface area contributed by atoms with Gasteiger partial charge in [-0.15, -0.1) is 0 Å². The Morgan fingerprint density at radius 2 is 1.75 bits per heavy atom. The SMILES string of the molecule is CCC[C@H](NC(=O)[C@@H]1C[C@]2(C=C(c3cccc(Cl)c3)NO2)CN1C(=O)[C@@H](NC(=O)CC1CCCCC1)C(C)(C)C)C(=O)C(=O)N[C@H](C)c1cccc(OC)c1. The predicted octanol–water partition coefficient (Wildman–Crippen LogP) is 5.80. The molecule has 0 aromatic heterocycles. The fraction of sp³-hybridized carbons (Fsp3) is 0.548. The highest BCUT2D eigenvalue weighted by atomic mass is 35.5. The van der Waals surface area contributed by atoms with E-state index in [9.17, 15) is 24.0 Å². The molecule has 2 aromatic carbocycles. The summed E-state index contributed by atoms with van der Waals surface area (Å²) in [6.07, 6.45) is 8.28. The van der Waals surface area contributed by atoms with Crippen LogP contribution in [0.3, 0.4) is 0 Å². The van der Waals surface area contributed by atoms with Gasteiger partial charge in [0, 0.05) is 23.4 Å². The van der Waals surface area contributed by atoms with Crippen molar-refractivity contribution >= 4 is 46.7 Å². The number of benzene rings is 2. The highest BCUT2D eigenvalue weighted by Crippen LogP contribution is 2.39. The molecule has 1 aliphatic carbocycles. The van der Waals surface area contributed by atoms with Crippen LogP contribution in [0.15, 0.2) is 54.6 Å². The molecule has 1 spiro atoms. The average Bonchev–Trinajstić information content (AvgIpc) is 3.76. The minimum Gasteiger partial charge on any atom is -0.497 e. The topological polar surface area (TPSA) is 155 Å². The van der Waals surface area contributed by atoms with Gasteiger partial charge in [0.1, 0.15) is 23.4 Å². The second-order valence-electron chi connectivity index (χ2n) is 16.3. The number of likely N-dealkylation sites (tertiary alicyclic amines) is 1. The van der Waals surface area contributed by atoms with Gasteiger partial charge in [-0.3, -0.25) is 34.3 Å². The first-order chi connectivity index (χ1) is 26.1. The fourth-order valence-corrected chi connectivity index (χ4v) is 7.95. The third-order valence-electron chi connectivity index (χ3n) is 10.8. The summed E-state index contributed by atoms with van der Waals surface area (Å²) in [6, 6.07) is 10.7. The molecule has 0 unspecified atom stereocenters. The fourth-order valence-electron chi connectivity index (χ4n) is 7.76. The molecule has 1 saturated heterocycles. The maximum atomic E-state index is 14.7. The van der Waals surface area contributed by atoms with Crippen LogP contribution in [0.2, 0.25) is 5.02 Å². The number of carbonyl (C=O) groups excluding carboxylic acids is 5. The Kier molecular flexibility index (Phi) is 13.7. The molecule has 2 fully saturated rings. The summed E-state index contributed by atoms with van der Waals surface area (Å²) in [7, 11) is 1.55. The first kappa shape index (κ1) is 41.7. The zero-order valence-corrected chi connectivity index (χ0v) is 33.6. The molecule has 0 radical (unpaired) electrons. The summed E-state index contributed by atoms with van der Waals surface area (Å²) in [4.78, 5) is 77.1. The maximum Gasteiger partial charge on any atom is 0.290 e. The van der Waals surface area contributed by atoms with Crippen LogP contribution in [0.25, 0.3) is 5.70 Å². The number of carbonyl (C=O) groups is 5. The van der Waals surface area contributed by atoms with E-state index in [1.54, 1.807) is 44.4 Å². The van der Waals surface area contributed by atoms with Crippen molar-refractivity contribution in [3.8, 4) is 5.75 Å². The number of ketones is 1. The van der Waals surface area contributed by atoms with Gasteiger partial charge in [-0.1, -0.05) is 89.2 Å². The van der Waals surface area contributed by atoms with Gasteiger partial charge in [0.15, 0.2) is 0 Å². The van der Waals surface area contributed by atoms with Crippen molar-refractivity contribution in [2.45, 2.75) is 122 Å². The molecule has 5 rings (SSSR count). The van der Waals surface area contributed by atoms with E-state index < -0.39 is 58.7 Å². The van der Waals surface area contributed by atoms with E-state index in [4.69, 9.17) is 21.2 Å². The number of hydrogen-bond donors (Lipinski definition) is 4. The Labute approximate surface area is 329 Å². The Morgan fingerprint density at radius 1 is 1.02 bits per heavy atom. The van der Waals surface area contributed by atoms with Crippen molar-refractivity contribution < 1.29 is 33.5 Å². The molecule has 2 aliphatic heterocycles. The van der Waals surface area contributed by atoms with E-state index in [0.29, 0.717) is 29.3 Å². The van der Waals surface area contributed by atoms with E-state index in [-0.39, 0.29) is 31.2 Å². The first-order valence-corrected chi connectivity index (χ1v) is 19.8. The Bertz CT molecular complexity index is 1770. The molecule has 0 bridgehead atoms. The van der Waals surface area contributed by atoms with Crippen LogP contribution in [-0.2, 0) is 28.8 Å². The lowest BCUT2D eigenvalue weighted by molar-refractivity contribution is -0.145. The normalized spacial score (nSPS) is 21.5. The number of nitrogens with one attached hydrogen (secondary N) is 4. The van der Waals surface area contributed by atoms with Crippen LogP contribution in [-0.4, -0.2) is 71.7 Å². The molecule has 2 heterocycles.